The van der Waals surface area contributed by atoms with Crippen LogP contribution in [0.2, 0.25) is 0 Å². The Hall–Kier alpha value is -1.96. The Kier molecular flexibility index (Phi) is 4.64. The van der Waals surface area contributed by atoms with E-state index in [0.29, 0.717) is 0 Å². The first-order valence-electron chi connectivity index (χ1n) is 6.44. The number of amidine groups is 1. The number of hydrogen-bond acceptors (Lipinski definition) is 4. The molecule has 1 aliphatic rings. The number of ether oxygens (including phenoxy) is 1. The molecule has 0 aromatic heterocycles. The first kappa shape index (κ1) is 19.1. The smallest absolute Gasteiger partial charge is 0.315 e. The van der Waals surface area contributed by atoms with Crippen LogP contribution in [0.25, 0.3) is 0 Å². The zero-order valence-electron chi connectivity index (χ0n) is 12.7. The molecule has 23 heavy (non-hydrogen) atoms. The van der Waals surface area contributed by atoms with Crippen molar-refractivity contribution in [2.24, 2.45) is 16.5 Å². The van der Waals surface area contributed by atoms with Crippen LogP contribution in [0.15, 0.2) is 23.2 Å². The predicted molar refractivity (Wildman–Crippen MR) is 81.3 cm³/mol. The lowest BCUT2D eigenvalue weighted by atomic mass is 9.77. The van der Waals surface area contributed by atoms with Crippen molar-refractivity contribution < 1.29 is 22.7 Å². The number of halogens is 4. The molecule has 1 amide bonds. The molecule has 0 aliphatic carbocycles. The van der Waals surface area contributed by atoms with E-state index in [1.165, 1.54) is 0 Å². The van der Waals surface area contributed by atoms with Crippen LogP contribution in [0.4, 0.5) is 13.2 Å². The monoisotopic (exact) mass is 351 g/mol. The summed E-state index contributed by atoms with van der Waals surface area (Å²) in [7, 11) is 0. The molecule has 1 atom stereocenters. The third-order valence-corrected chi connectivity index (χ3v) is 3.83. The third kappa shape index (κ3) is 2.71. The highest BCUT2D eigenvalue weighted by Crippen LogP contribution is 2.51. The number of nitrogens with two attached hydrogens (primary N) is 2. The first-order chi connectivity index (χ1) is 9.92. The molecule has 0 radical (unpaired) electrons. The van der Waals surface area contributed by atoms with E-state index >= 15 is 0 Å². The minimum Gasteiger partial charge on any atom is -0.448 e. The van der Waals surface area contributed by atoms with Gasteiger partial charge in [0.05, 0.1) is 0 Å². The van der Waals surface area contributed by atoms with Crippen molar-refractivity contribution in [2.75, 3.05) is 0 Å². The van der Waals surface area contributed by atoms with E-state index in [0.717, 1.165) is 39.0 Å². The number of hydrogen-bond donors (Lipinski definition) is 2. The lowest BCUT2D eigenvalue weighted by Crippen LogP contribution is -2.62. The summed E-state index contributed by atoms with van der Waals surface area (Å²) in [5.41, 5.74) is 5.61. The molecule has 1 aromatic carbocycles. The maximum absolute atomic E-state index is 14.8. The number of primary amides is 1. The molecule has 4 N–H and O–H groups in total. The fraction of sp³-hybridized carbons (Fsp3) is 0.429. The van der Waals surface area contributed by atoms with Crippen molar-refractivity contribution in [1.29, 1.82) is 0 Å². The van der Waals surface area contributed by atoms with Crippen molar-refractivity contribution in [3.05, 3.63) is 35.1 Å². The molecule has 0 bridgehead atoms. The maximum atomic E-state index is 14.8. The van der Waals surface area contributed by atoms with Crippen LogP contribution < -0.4 is 11.5 Å². The SMILES string of the molecule is CC1(C)N=C(N)O[C@](C)(c2cc(C(N)=O)ccc2F)C1(F)F.Cl. The molecule has 1 heterocycles. The highest BCUT2D eigenvalue weighted by atomic mass is 35.5. The van der Waals surface area contributed by atoms with E-state index < -0.39 is 40.4 Å². The Morgan fingerprint density at radius 2 is 1.83 bits per heavy atom. The number of aliphatic imine (C=N–C) groups is 1. The quantitative estimate of drug-likeness (QED) is 0.856. The Morgan fingerprint density at radius 1 is 1.26 bits per heavy atom. The first-order valence-corrected chi connectivity index (χ1v) is 6.44. The second-order valence-corrected chi connectivity index (χ2v) is 5.78. The average molecular weight is 352 g/mol. The lowest BCUT2D eigenvalue weighted by molar-refractivity contribution is -0.215. The van der Waals surface area contributed by atoms with E-state index in [4.69, 9.17) is 16.2 Å². The number of amides is 1. The zero-order chi connectivity index (χ0) is 16.9. The van der Waals surface area contributed by atoms with Crippen LogP contribution in [0.5, 0.6) is 0 Å². The highest BCUT2D eigenvalue weighted by Gasteiger charge is 2.66. The minimum absolute atomic E-state index is 0. The molecule has 0 saturated carbocycles. The van der Waals surface area contributed by atoms with Crippen LogP contribution in [0.1, 0.15) is 36.7 Å². The van der Waals surface area contributed by atoms with Gasteiger partial charge in [-0.2, -0.15) is 8.78 Å². The Labute approximate surface area is 137 Å². The molecule has 0 spiro atoms. The van der Waals surface area contributed by atoms with Crippen LogP contribution in [-0.4, -0.2) is 23.4 Å². The number of rotatable bonds is 2. The largest absolute Gasteiger partial charge is 0.448 e. The summed E-state index contributed by atoms with van der Waals surface area (Å²) in [6.45, 7) is 3.33. The van der Waals surface area contributed by atoms with E-state index in [1.54, 1.807) is 0 Å². The number of carbonyl (C=O) groups is 1. The van der Waals surface area contributed by atoms with Gasteiger partial charge in [-0.1, -0.05) is 0 Å². The molecular weight excluding hydrogens is 335 g/mol. The molecule has 2 rings (SSSR count). The molecule has 5 nitrogen and oxygen atoms in total. The van der Waals surface area contributed by atoms with Crippen molar-refractivity contribution in [3.63, 3.8) is 0 Å². The summed E-state index contributed by atoms with van der Waals surface area (Å²) >= 11 is 0. The van der Waals surface area contributed by atoms with E-state index in [-0.39, 0.29) is 18.0 Å². The van der Waals surface area contributed by atoms with Gasteiger partial charge in [0.1, 0.15) is 11.4 Å². The van der Waals surface area contributed by atoms with E-state index in [2.05, 4.69) is 4.99 Å². The Bertz CT molecular complexity index is 679. The number of alkyl halides is 2. The molecule has 0 fully saturated rings. The summed E-state index contributed by atoms with van der Waals surface area (Å²) in [5, 5.41) is 0. The van der Waals surface area contributed by atoms with E-state index in [1.807, 2.05) is 0 Å². The van der Waals surface area contributed by atoms with Crippen molar-refractivity contribution >= 4 is 24.3 Å². The predicted octanol–water partition coefficient (Wildman–Crippen LogP) is 2.32. The molecule has 0 unspecified atom stereocenters. The number of carbonyl (C=O) groups excluding carboxylic acids is 1. The summed E-state index contributed by atoms with van der Waals surface area (Å²) in [6, 6.07) is 2.45. The van der Waals surface area contributed by atoms with E-state index in [9.17, 15) is 18.0 Å². The van der Waals surface area contributed by atoms with Gasteiger partial charge in [-0.15, -0.1) is 12.4 Å². The Morgan fingerprint density at radius 3 is 2.35 bits per heavy atom. The zero-order valence-corrected chi connectivity index (χ0v) is 13.5. The van der Waals surface area contributed by atoms with Crippen molar-refractivity contribution in [1.82, 2.24) is 0 Å². The van der Waals surface area contributed by atoms with Crippen LogP contribution in [0, 0.1) is 5.82 Å². The normalized spacial score (nSPS) is 24.9. The highest BCUT2D eigenvalue weighted by molar-refractivity contribution is 5.93. The van der Waals surface area contributed by atoms with Crippen LogP contribution in [-0.2, 0) is 10.3 Å². The molecular formula is C14H17ClF3N3O2. The van der Waals surface area contributed by atoms with Gasteiger partial charge in [0.25, 0.3) is 6.02 Å². The summed E-state index contributed by atoms with van der Waals surface area (Å²) in [6.07, 6.45) is 0. The number of nitrogens with zero attached hydrogens (tertiary/aromatic N) is 1. The van der Waals surface area contributed by atoms with Gasteiger partial charge in [0, 0.05) is 11.1 Å². The Balaban J connectivity index is 0.00000264. The topological polar surface area (TPSA) is 90.7 Å². The average Bonchev–Trinajstić information content (AvgIpc) is 2.35. The summed E-state index contributed by atoms with van der Waals surface area (Å²) in [4.78, 5) is 14.8. The molecule has 0 saturated heterocycles. The van der Waals surface area contributed by atoms with Crippen molar-refractivity contribution in [3.8, 4) is 0 Å². The summed E-state index contributed by atoms with van der Waals surface area (Å²) in [5.74, 6) is -5.43. The standard InChI is InChI=1S/C14H16F3N3O2.ClH/c1-12(2)14(16,17)13(3,22-11(19)20-12)8-6-7(10(18)21)4-5-9(8)15;/h4-6H,1-3H3,(H2,18,21)(H2,19,20);1H/t13-;/m1./s1. The van der Waals surface area contributed by atoms with Crippen LogP contribution >= 0.6 is 12.4 Å². The van der Waals surface area contributed by atoms with Gasteiger partial charge in [0.2, 0.25) is 11.5 Å². The van der Waals surface area contributed by atoms with Gasteiger partial charge in [-0.05, 0) is 39.0 Å². The maximum Gasteiger partial charge on any atom is 0.315 e. The lowest BCUT2D eigenvalue weighted by Gasteiger charge is -2.47. The molecule has 9 heteroatoms. The van der Waals surface area contributed by atoms with Gasteiger partial charge < -0.3 is 16.2 Å². The van der Waals surface area contributed by atoms with Crippen molar-refractivity contribution in [2.45, 2.75) is 37.8 Å². The minimum atomic E-state index is -3.60. The van der Waals surface area contributed by atoms with Gasteiger partial charge in [-0.25, -0.2) is 9.38 Å². The fourth-order valence-electron chi connectivity index (χ4n) is 2.49. The van der Waals surface area contributed by atoms with Gasteiger partial charge in [-0.3, -0.25) is 4.79 Å². The van der Waals surface area contributed by atoms with Gasteiger partial charge >= 0.3 is 5.92 Å². The fourth-order valence-corrected chi connectivity index (χ4v) is 2.49. The third-order valence-electron chi connectivity index (χ3n) is 3.83. The molecule has 128 valence electrons. The van der Waals surface area contributed by atoms with Crippen LogP contribution in [0.3, 0.4) is 0 Å². The number of benzene rings is 1. The molecule has 1 aromatic rings. The second kappa shape index (κ2) is 5.59. The van der Waals surface area contributed by atoms with Gasteiger partial charge in [0.15, 0.2) is 0 Å². The summed E-state index contributed by atoms with van der Waals surface area (Å²) < 4.78 is 48.8. The second-order valence-electron chi connectivity index (χ2n) is 5.78. The molecule has 1 aliphatic heterocycles.